The van der Waals surface area contributed by atoms with E-state index in [9.17, 15) is 4.79 Å². The van der Waals surface area contributed by atoms with Gasteiger partial charge in [0, 0.05) is 10.6 Å². The first-order valence-corrected chi connectivity index (χ1v) is 7.40. The molecule has 0 fully saturated rings. The van der Waals surface area contributed by atoms with Gasteiger partial charge in [-0.2, -0.15) is 0 Å². The molecule has 0 aliphatic rings. The van der Waals surface area contributed by atoms with Crippen LogP contribution < -0.4 is 5.32 Å². The van der Waals surface area contributed by atoms with Gasteiger partial charge in [0.2, 0.25) is 0 Å². The number of aryl methyl sites for hydroxylation is 3. The third-order valence-corrected chi connectivity index (χ3v) is 4.05. The second kappa shape index (κ2) is 6.31. The molecule has 1 amide bonds. The summed E-state index contributed by atoms with van der Waals surface area (Å²) in [6, 6.07) is 11.2. The molecular formula is C18H20ClNO. The predicted molar refractivity (Wildman–Crippen MR) is 88.0 cm³/mol. The fraction of sp³-hybridized carbons (Fsp3) is 0.278. The Balaban J connectivity index is 2.18. The Kier molecular flexibility index (Phi) is 4.69. The maximum Gasteiger partial charge on any atom is 0.251 e. The maximum absolute atomic E-state index is 12.2. The fourth-order valence-electron chi connectivity index (χ4n) is 2.41. The van der Waals surface area contributed by atoms with Crippen molar-refractivity contribution in [2.24, 2.45) is 0 Å². The van der Waals surface area contributed by atoms with Crippen molar-refractivity contribution in [1.29, 1.82) is 0 Å². The van der Waals surface area contributed by atoms with Crippen LogP contribution in [-0.4, -0.2) is 5.91 Å². The van der Waals surface area contributed by atoms with E-state index >= 15 is 0 Å². The van der Waals surface area contributed by atoms with E-state index in [-0.39, 0.29) is 11.9 Å². The van der Waals surface area contributed by atoms with Gasteiger partial charge in [0.25, 0.3) is 5.91 Å². The van der Waals surface area contributed by atoms with Gasteiger partial charge in [0.05, 0.1) is 6.04 Å². The van der Waals surface area contributed by atoms with E-state index in [1.54, 1.807) is 24.3 Å². The van der Waals surface area contributed by atoms with Crippen molar-refractivity contribution in [2.75, 3.05) is 0 Å². The van der Waals surface area contributed by atoms with Crippen LogP contribution in [0.1, 0.15) is 45.6 Å². The van der Waals surface area contributed by atoms with Gasteiger partial charge in [0.15, 0.2) is 0 Å². The molecule has 1 atom stereocenters. The van der Waals surface area contributed by atoms with Crippen molar-refractivity contribution < 1.29 is 4.79 Å². The van der Waals surface area contributed by atoms with Crippen molar-refractivity contribution in [3.63, 3.8) is 0 Å². The molecule has 0 bridgehead atoms. The van der Waals surface area contributed by atoms with Crippen LogP contribution in [0.5, 0.6) is 0 Å². The van der Waals surface area contributed by atoms with Gasteiger partial charge in [0.1, 0.15) is 0 Å². The zero-order chi connectivity index (χ0) is 15.6. The van der Waals surface area contributed by atoms with Gasteiger partial charge in [-0.3, -0.25) is 4.79 Å². The van der Waals surface area contributed by atoms with E-state index in [4.69, 9.17) is 11.6 Å². The van der Waals surface area contributed by atoms with Crippen LogP contribution in [0.2, 0.25) is 5.02 Å². The summed E-state index contributed by atoms with van der Waals surface area (Å²) < 4.78 is 0. The summed E-state index contributed by atoms with van der Waals surface area (Å²) in [6.45, 7) is 8.27. The molecule has 21 heavy (non-hydrogen) atoms. The van der Waals surface area contributed by atoms with Crippen LogP contribution in [0.4, 0.5) is 0 Å². The monoisotopic (exact) mass is 301 g/mol. The van der Waals surface area contributed by atoms with Crippen molar-refractivity contribution in [3.05, 3.63) is 69.2 Å². The molecule has 2 rings (SSSR count). The molecule has 0 radical (unpaired) electrons. The Bertz CT molecular complexity index is 662. The first-order chi connectivity index (χ1) is 9.88. The number of hydrogen-bond donors (Lipinski definition) is 1. The Morgan fingerprint density at radius 3 is 2.19 bits per heavy atom. The van der Waals surface area contributed by atoms with Gasteiger partial charge in [-0.15, -0.1) is 0 Å². The highest BCUT2D eigenvalue weighted by atomic mass is 35.5. The lowest BCUT2D eigenvalue weighted by atomic mass is 9.96. The van der Waals surface area contributed by atoms with Crippen LogP contribution in [0.15, 0.2) is 36.4 Å². The number of carbonyl (C=O) groups excluding carboxylic acids is 1. The SMILES string of the molecule is Cc1cc(C)c(C(C)NC(=O)c2ccc(Cl)cc2)cc1C. The zero-order valence-electron chi connectivity index (χ0n) is 12.8. The van der Waals surface area contributed by atoms with E-state index in [1.165, 1.54) is 16.7 Å². The highest BCUT2D eigenvalue weighted by molar-refractivity contribution is 6.30. The minimum atomic E-state index is -0.0863. The minimum Gasteiger partial charge on any atom is -0.346 e. The van der Waals surface area contributed by atoms with Crippen molar-refractivity contribution >= 4 is 17.5 Å². The summed E-state index contributed by atoms with van der Waals surface area (Å²) >= 11 is 5.84. The molecule has 0 saturated heterocycles. The van der Waals surface area contributed by atoms with Crippen LogP contribution in [0.25, 0.3) is 0 Å². The summed E-state index contributed by atoms with van der Waals surface area (Å²) in [5, 5.41) is 3.67. The number of benzene rings is 2. The zero-order valence-corrected chi connectivity index (χ0v) is 13.6. The van der Waals surface area contributed by atoms with E-state index in [0.717, 1.165) is 5.56 Å². The fourth-order valence-corrected chi connectivity index (χ4v) is 2.53. The molecule has 0 spiro atoms. The molecule has 0 heterocycles. The molecule has 1 unspecified atom stereocenters. The lowest BCUT2D eigenvalue weighted by Crippen LogP contribution is -2.27. The Labute approximate surface area is 131 Å². The number of hydrogen-bond acceptors (Lipinski definition) is 1. The van der Waals surface area contributed by atoms with Gasteiger partial charge in [-0.1, -0.05) is 23.7 Å². The van der Waals surface area contributed by atoms with E-state index in [1.807, 2.05) is 6.92 Å². The van der Waals surface area contributed by atoms with Crippen LogP contribution in [0.3, 0.4) is 0 Å². The topological polar surface area (TPSA) is 29.1 Å². The van der Waals surface area contributed by atoms with Gasteiger partial charge < -0.3 is 5.32 Å². The van der Waals surface area contributed by atoms with Gasteiger partial charge in [-0.05, 0) is 74.2 Å². The van der Waals surface area contributed by atoms with Crippen molar-refractivity contribution in [2.45, 2.75) is 33.7 Å². The summed E-state index contributed by atoms with van der Waals surface area (Å²) in [6.07, 6.45) is 0. The number of amides is 1. The molecule has 0 aliphatic carbocycles. The molecule has 2 aromatic rings. The summed E-state index contributed by atoms with van der Waals surface area (Å²) in [7, 11) is 0. The molecule has 3 heteroatoms. The Hall–Kier alpha value is -1.80. The Morgan fingerprint density at radius 1 is 1.00 bits per heavy atom. The smallest absolute Gasteiger partial charge is 0.251 e. The number of nitrogens with one attached hydrogen (secondary N) is 1. The van der Waals surface area contributed by atoms with Crippen molar-refractivity contribution in [1.82, 2.24) is 5.32 Å². The van der Waals surface area contributed by atoms with Gasteiger partial charge in [-0.25, -0.2) is 0 Å². The highest BCUT2D eigenvalue weighted by Gasteiger charge is 2.14. The number of rotatable bonds is 3. The third-order valence-electron chi connectivity index (χ3n) is 3.80. The van der Waals surface area contributed by atoms with Crippen LogP contribution >= 0.6 is 11.6 Å². The first-order valence-electron chi connectivity index (χ1n) is 7.02. The normalized spacial score (nSPS) is 12.0. The van der Waals surface area contributed by atoms with E-state index in [0.29, 0.717) is 10.6 Å². The first kappa shape index (κ1) is 15.6. The molecule has 0 aliphatic heterocycles. The standard InChI is InChI=1S/C18H20ClNO/c1-11-9-13(3)17(10-12(11)2)14(4)20-18(21)15-5-7-16(19)8-6-15/h5-10,14H,1-4H3,(H,20,21). The minimum absolute atomic E-state index is 0.0347. The average molecular weight is 302 g/mol. The molecule has 2 aromatic carbocycles. The summed E-state index contributed by atoms with van der Waals surface area (Å²) in [4.78, 5) is 12.2. The lowest BCUT2D eigenvalue weighted by molar-refractivity contribution is 0.0940. The molecule has 2 nitrogen and oxygen atoms in total. The molecule has 110 valence electrons. The van der Waals surface area contributed by atoms with Crippen molar-refractivity contribution in [3.8, 4) is 0 Å². The van der Waals surface area contributed by atoms with Crippen LogP contribution in [-0.2, 0) is 0 Å². The largest absolute Gasteiger partial charge is 0.346 e. The average Bonchev–Trinajstić information content (AvgIpc) is 2.43. The number of carbonyl (C=O) groups is 1. The molecule has 0 aromatic heterocycles. The van der Waals surface area contributed by atoms with Crippen LogP contribution in [0, 0.1) is 20.8 Å². The van der Waals surface area contributed by atoms with E-state index in [2.05, 4.69) is 38.2 Å². The molecular weight excluding hydrogens is 282 g/mol. The van der Waals surface area contributed by atoms with E-state index < -0.39 is 0 Å². The predicted octanol–water partition coefficient (Wildman–Crippen LogP) is 4.76. The lowest BCUT2D eigenvalue weighted by Gasteiger charge is -2.18. The molecule has 0 saturated carbocycles. The molecule has 1 N–H and O–H groups in total. The quantitative estimate of drug-likeness (QED) is 0.870. The highest BCUT2D eigenvalue weighted by Crippen LogP contribution is 2.22. The summed E-state index contributed by atoms with van der Waals surface area (Å²) in [5.41, 5.74) is 5.48. The third kappa shape index (κ3) is 3.64. The van der Waals surface area contributed by atoms with Gasteiger partial charge >= 0.3 is 0 Å². The Morgan fingerprint density at radius 2 is 1.57 bits per heavy atom. The second-order valence-corrected chi connectivity index (χ2v) is 5.93. The number of halogens is 1. The summed E-state index contributed by atoms with van der Waals surface area (Å²) in [5.74, 6) is -0.0863. The maximum atomic E-state index is 12.2. The second-order valence-electron chi connectivity index (χ2n) is 5.50.